The Labute approximate surface area is 179 Å². The Bertz CT molecular complexity index is 1020. The van der Waals surface area contributed by atoms with Gasteiger partial charge in [0.2, 0.25) is 0 Å². The number of nitrogens with zero attached hydrogens (tertiary/aromatic N) is 2. The Balaban J connectivity index is 1.57. The van der Waals surface area contributed by atoms with E-state index in [4.69, 9.17) is 21.1 Å². The van der Waals surface area contributed by atoms with E-state index in [1.165, 1.54) is 12.1 Å². The van der Waals surface area contributed by atoms with Gasteiger partial charge in [-0.2, -0.15) is 5.10 Å². The number of hydrogen-bond donors (Lipinski definition) is 1. The number of rotatable bonds is 9. The first-order valence-corrected chi connectivity index (χ1v) is 9.47. The van der Waals surface area contributed by atoms with Crippen LogP contribution in [-0.4, -0.2) is 18.2 Å². The van der Waals surface area contributed by atoms with E-state index in [2.05, 4.69) is 10.5 Å². The summed E-state index contributed by atoms with van der Waals surface area (Å²) in [5.74, 6) is 1.14. The van der Waals surface area contributed by atoms with Crippen LogP contribution in [-0.2, 0) is 13.2 Å². The van der Waals surface area contributed by atoms with Crippen molar-refractivity contribution in [3.05, 3.63) is 98.6 Å². The van der Waals surface area contributed by atoms with Crippen LogP contribution in [0, 0.1) is 10.1 Å². The molecule has 3 rings (SSSR count). The molecule has 3 aromatic rings. The number of methoxy groups -OCH3 is 1. The molecule has 0 aliphatic carbocycles. The topological polar surface area (TPSA) is 86.0 Å². The summed E-state index contributed by atoms with van der Waals surface area (Å²) < 4.78 is 11.2. The van der Waals surface area contributed by atoms with Crippen LogP contribution in [0.15, 0.2) is 71.8 Å². The van der Waals surface area contributed by atoms with Gasteiger partial charge in [0.1, 0.15) is 6.61 Å². The van der Waals surface area contributed by atoms with Crippen LogP contribution in [0.4, 0.5) is 5.69 Å². The van der Waals surface area contributed by atoms with Crippen LogP contribution in [0.1, 0.15) is 16.7 Å². The second kappa shape index (κ2) is 10.3. The zero-order chi connectivity index (χ0) is 21.3. The van der Waals surface area contributed by atoms with Crippen LogP contribution < -0.4 is 14.9 Å². The monoisotopic (exact) mass is 425 g/mol. The van der Waals surface area contributed by atoms with Gasteiger partial charge in [0.15, 0.2) is 11.5 Å². The number of halogens is 1. The lowest BCUT2D eigenvalue weighted by molar-refractivity contribution is -0.384. The third-order valence-electron chi connectivity index (χ3n) is 4.23. The van der Waals surface area contributed by atoms with Gasteiger partial charge in [-0.3, -0.25) is 10.1 Å². The molecule has 154 valence electrons. The molecular weight excluding hydrogens is 406 g/mol. The highest BCUT2D eigenvalue weighted by atomic mass is 35.5. The quantitative estimate of drug-likeness (QED) is 0.297. The van der Waals surface area contributed by atoms with Crippen molar-refractivity contribution in [1.82, 2.24) is 5.43 Å². The molecule has 0 heterocycles. The van der Waals surface area contributed by atoms with E-state index in [9.17, 15) is 10.1 Å². The molecule has 3 aromatic carbocycles. The van der Waals surface area contributed by atoms with Gasteiger partial charge in [-0.1, -0.05) is 23.7 Å². The van der Waals surface area contributed by atoms with E-state index in [1.807, 2.05) is 36.4 Å². The number of hydrazone groups is 1. The van der Waals surface area contributed by atoms with Gasteiger partial charge in [-0.15, -0.1) is 0 Å². The zero-order valence-corrected chi connectivity index (χ0v) is 17.0. The van der Waals surface area contributed by atoms with Gasteiger partial charge in [0.05, 0.1) is 24.8 Å². The molecule has 0 saturated carbocycles. The molecule has 0 bridgehead atoms. The molecule has 0 spiro atoms. The molecule has 7 nitrogen and oxygen atoms in total. The molecule has 0 aliphatic rings. The molecule has 1 N–H and O–H groups in total. The number of ether oxygens (including phenoxy) is 2. The Hall–Kier alpha value is -3.58. The SMILES string of the molecule is COc1cc(C=NNCc2ccc(Cl)cc2)ccc1OCc1ccc([N+](=O)[O-])cc1. The van der Waals surface area contributed by atoms with Crippen LogP contribution in [0.5, 0.6) is 11.5 Å². The smallest absolute Gasteiger partial charge is 0.269 e. The van der Waals surface area contributed by atoms with Crippen molar-refractivity contribution >= 4 is 23.5 Å². The van der Waals surface area contributed by atoms with E-state index in [1.54, 1.807) is 31.5 Å². The standard InChI is InChI=1S/C22H20ClN3O4/c1-29-22-12-18(14-25-24-13-16-2-7-19(23)8-3-16)6-11-21(22)30-15-17-4-9-20(10-5-17)26(27)28/h2-12,14,24H,13,15H2,1H3. The molecule has 0 amide bonds. The number of hydrogen-bond acceptors (Lipinski definition) is 6. The van der Waals surface area contributed by atoms with Crippen molar-refractivity contribution < 1.29 is 14.4 Å². The first kappa shape index (κ1) is 21.1. The highest BCUT2D eigenvalue weighted by molar-refractivity contribution is 6.30. The van der Waals surface area contributed by atoms with Crippen molar-refractivity contribution in [3.63, 3.8) is 0 Å². The average Bonchev–Trinajstić information content (AvgIpc) is 2.77. The summed E-state index contributed by atoms with van der Waals surface area (Å²) in [6, 6.07) is 19.3. The maximum Gasteiger partial charge on any atom is 0.269 e. The molecular formula is C22H20ClN3O4. The molecule has 0 unspecified atom stereocenters. The Morgan fingerprint density at radius 1 is 1.03 bits per heavy atom. The number of nitro benzene ring substituents is 1. The minimum absolute atomic E-state index is 0.0460. The van der Waals surface area contributed by atoms with E-state index in [-0.39, 0.29) is 12.3 Å². The van der Waals surface area contributed by atoms with Crippen molar-refractivity contribution in [3.8, 4) is 11.5 Å². The molecule has 0 saturated heterocycles. The van der Waals surface area contributed by atoms with Gasteiger partial charge in [-0.05, 0) is 59.2 Å². The Kier molecular flexibility index (Phi) is 7.24. The second-order valence-electron chi connectivity index (χ2n) is 6.34. The summed E-state index contributed by atoms with van der Waals surface area (Å²) in [7, 11) is 1.56. The summed E-state index contributed by atoms with van der Waals surface area (Å²) in [5.41, 5.74) is 5.77. The maximum atomic E-state index is 10.7. The highest BCUT2D eigenvalue weighted by Gasteiger charge is 2.07. The number of nitrogens with one attached hydrogen (secondary N) is 1. The molecule has 8 heteroatoms. The number of non-ortho nitro benzene ring substituents is 1. The number of nitro groups is 1. The van der Waals surface area contributed by atoms with Crippen molar-refractivity contribution in [2.24, 2.45) is 5.10 Å². The largest absolute Gasteiger partial charge is 0.493 e. The predicted octanol–water partition coefficient (Wildman–Crippen LogP) is 4.96. The Morgan fingerprint density at radius 3 is 2.40 bits per heavy atom. The predicted molar refractivity (Wildman–Crippen MR) is 116 cm³/mol. The summed E-state index contributed by atoms with van der Waals surface area (Å²) in [4.78, 5) is 10.3. The molecule has 0 aromatic heterocycles. The third kappa shape index (κ3) is 5.96. The van der Waals surface area contributed by atoms with Gasteiger partial charge in [0.25, 0.3) is 5.69 Å². The van der Waals surface area contributed by atoms with Crippen LogP contribution >= 0.6 is 11.6 Å². The van der Waals surface area contributed by atoms with Crippen molar-refractivity contribution in [2.45, 2.75) is 13.2 Å². The second-order valence-corrected chi connectivity index (χ2v) is 6.78. The van der Waals surface area contributed by atoms with E-state index >= 15 is 0 Å². The minimum Gasteiger partial charge on any atom is -0.493 e. The first-order valence-electron chi connectivity index (χ1n) is 9.09. The summed E-state index contributed by atoms with van der Waals surface area (Å²) in [6.07, 6.45) is 1.69. The molecule has 30 heavy (non-hydrogen) atoms. The fourth-order valence-corrected chi connectivity index (χ4v) is 2.74. The maximum absolute atomic E-state index is 10.7. The van der Waals surface area contributed by atoms with Crippen molar-refractivity contribution in [1.29, 1.82) is 0 Å². The zero-order valence-electron chi connectivity index (χ0n) is 16.2. The Morgan fingerprint density at radius 2 is 1.73 bits per heavy atom. The lowest BCUT2D eigenvalue weighted by atomic mass is 10.2. The van der Waals surface area contributed by atoms with Gasteiger partial charge < -0.3 is 14.9 Å². The highest BCUT2D eigenvalue weighted by Crippen LogP contribution is 2.28. The molecule has 0 fully saturated rings. The average molecular weight is 426 g/mol. The summed E-state index contributed by atoms with van der Waals surface area (Å²) in [6.45, 7) is 0.853. The summed E-state index contributed by atoms with van der Waals surface area (Å²) >= 11 is 5.87. The molecule has 0 atom stereocenters. The van der Waals surface area contributed by atoms with Gasteiger partial charge in [0, 0.05) is 17.2 Å². The fraction of sp³-hybridized carbons (Fsp3) is 0.136. The lowest BCUT2D eigenvalue weighted by Crippen LogP contribution is -2.05. The van der Waals surface area contributed by atoms with E-state index in [0.29, 0.717) is 23.1 Å². The normalized spacial score (nSPS) is 10.7. The molecule has 0 radical (unpaired) electrons. The first-order chi connectivity index (χ1) is 14.5. The fourth-order valence-electron chi connectivity index (χ4n) is 2.62. The van der Waals surface area contributed by atoms with E-state index < -0.39 is 4.92 Å². The van der Waals surface area contributed by atoms with E-state index in [0.717, 1.165) is 16.7 Å². The lowest BCUT2D eigenvalue weighted by Gasteiger charge is -2.11. The molecule has 0 aliphatic heterocycles. The summed E-state index contributed by atoms with van der Waals surface area (Å²) in [5, 5.41) is 15.6. The van der Waals surface area contributed by atoms with Gasteiger partial charge >= 0.3 is 0 Å². The van der Waals surface area contributed by atoms with Gasteiger partial charge in [-0.25, -0.2) is 0 Å². The van der Waals surface area contributed by atoms with Crippen LogP contribution in [0.25, 0.3) is 0 Å². The van der Waals surface area contributed by atoms with Crippen LogP contribution in [0.2, 0.25) is 5.02 Å². The minimum atomic E-state index is -0.432. The third-order valence-corrected chi connectivity index (χ3v) is 4.48. The number of benzene rings is 3. The van der Waals surface area contributed by atoms with Crippen molar-refractivity contribution in [2.75, 3.05) is 7.11 Å². The van der Waals surface area contributed by atoms with Crippen LogP contribution in [0.3, 0.4) is 0 Å².